The minimum atomic E-state index is -4.30. The number of esters is 1. The maximum absolute atomic E-state index is 12.6. The van der Waals surface area contributed by atoms with Crippen molar-refractivity contribution in [2.24, 2.45) is 5.73 Å². The van der Waals surface area contributed by atoms with Crippen molar-refractivity contribution in [2.75, 3.05) is 33.0 Å². The maximum Gasteiger partial charge on any atom is 0.472 e. The van der Waals surface area contributed by atoms with Gasteiger partial charge in [-0.25, -0.2) is 4.57 Å². The van der Waals surface area contributed by atoms with Crippen LogP contribution in [0.25, 0.3) is 0 Å². The van der Waals surface area contributed by atoms with E-state index in [2.05, 4.69) is 74.6 Å². The predicted molar refractivity (Wildman–Crippen MR) is 256 cm³/mol. The largest absolute Gasteiger partial charge is 0.472 e. The zero-order chi connectivity index (χ0) is 43.7. The summed E-state index contributed by atoms with van der Waals surface area (Å²) >= 11 is 0. The summed E-state index contributed by atoms with van der Waals surface area (Å²) in [6.07, 6.45) is 61.0. The van der Waals surface area contributed by atoms with Gasteiger partial charge >= 0.3 is 13.8 Å². The van der Waals surface area contributed by atoms with E-state index in [9.17, 15) is 14.3 Å². The topological polar surface area (TPSA) is 117 Å². The zero-order valence-electron chi connectivity index (χ0n) is 38.7. The Balaban J connectivity index is 4.05. The molecule has 0 aromatic heterocycles. The number of allylic oxidation sites excluding steroid dienone is 12. The van der Waals surface area contributed by atoms with E-state index in [1.165, 1.54) is 128 Å². The maximum atomic E-state index is 12.6. The third-order valence-corrected chi connectivity index (χ3v) is 11.1. The van der Waals surface area contributed by atoms with Crippen LogP contribution in [-0.4, -0.2) is 49.9 Å². The van der Waals surface area contributed by atoms with Crippen LogP contribution in [0.2, 0.25) is 0 Å². The van der Waals surface area contributed by atoms with Gasteiger partial charge in [-0.15, -0.1) is 0 Å². The number of hydrogen-bond acceptors (Lipinski definition) is 7. The fourth-order valence-corrected chi connectivity index (χ4v) is 7.38. The smallest absolute Gasteiger partial charge is 0.457 e. The van der Waals surface area contributed by atoms with E-state index in [0.29, 0.717) is 13.0 Å². The summed E-state index contributed by atoms with van der Waals surface area (Å²) < 4.78 is 33.4. The van der Waals surface area contributed by atoms with Gasteiger partial charge in [0.25, 0.3) is 0 Å². The highest BCUT2D eigenvalue weighted by molar-refractivity contribution is 7.47. The molecule has 0 aromatic rings. The number of rotatable bonds is 46. The SMILES string of the molecule is CC/C=C\C/C=C\C/C=C\C/C=C\C/C=C\C/C=C\CCC(=O)OC(COCCCCCCCCCCCCCCCCCCCCCCCC)COP(=O)(O)OCCN. The summed E-state index contributed by atoms with van der Waals surface area (Å²) in [5, 5.41) is 0. The molecule has 3 N–H and O–H groups in total. The average Bonchev–Trinajstić information content (AvgIpc) is 3.24. The number of nitrogens with two attached hydrogens (primary N) is 1. The van der Waals surface area contributed by atoms with Gasteiger partial charge in [0.2, 0.25) is 0 Å². The second-order valence-corrected chi connectivity index (χ2v) is 17.4. The highest BCUT2D eigenvalue weighted by Gasteiger charge is 2.25. The second-order valence-electron chi connectivity index (χ2n) is 16.0. The predicted octanol–water partition coefficient (Wildman–Crippen LogP) is 15.1. The van der Waals surface area contributed by atoms with Crippen LogP contribution in [0.3, 0.4) is 0 Å². The number of hydrogen-bond donors (Lipinski definition) is 2. The van der Waals surface area contributed by atoms with Gasteiger partial charge < -0.3 is 20.1 Å². The molecular weight excluding hydrogens is 770 g/mol. The molecule has 0 rings (SSSR count). The number of phosphoric acid groups is 1. The summed E-state index contributed by atoms with van der Waals surface area (Å²) in [5.74, 6) is -0.410. The zero-order valence-corrected chi connectivity index (χ0v) is 39.6. The summed E-state index contributed by atoms with van der Waals surface area (Å²) in [7, 11) is -4.30. The molecule has 0 radical (unpaired) electrons. The van der Waals surface area contributed by atoms with Gasteiger partial charge in [0.05, 0.1) is 19.8 Å². The van der Waals surface area contributed by atoms with E-state index in [-0.39, 0.29) is 32.8 Å². The molecule has 348 valence electrons. The average molecular weight is 862 g/mol. The first-order valence-electron chi connectivity index (χ1n) is 24.4. The molecule has 0 aliphatic rings. The molecule has 0 saturated carbocycles. The van der Waals surface area contributed by atoms with E-state index in [0.717, 1.165) is 51.4 Å². The van der Waals surface area contributed by atoms with Crippen LogP contribution in [0.15, 0.2) is 72.9 Å². The van der Waals surface area contributed by atoms with Crippen molar-refractivity contribution < 1.29 is 32.8 Å². The summed E-state index contributed by atoms with van der Waals surface area (Å²) in [4.78, 5) is 22.5. The summed E-state index contributed by atoms with van der Waals surface area (Å²) in [6, 6.07) is 0. The van der Waals surface area contributed by atoms with E-state index < -0.39 is 19.9 Å². The van der Waals surface area contributed by atoms with Gasteiger partial charge in [0, 0.05) is 19.6 Å². The molecule has 0 saturated heterocycles. The van der Waals surface area contributed by atoms with Gasteiger partial charge in [0.15, 0.2) is 0 Å². The third-order valence-electron chi connectivity index (χ3n) is 10.2. The van der Waals surface area contributed by atoms with Crippen LogP contribution in [0.4, 0.5) is 0 Å². The first-order chi connectivity index (χ1) is 29.4. The van der Waals surface area contributed by atoms with Crippen molar-refractivity contribution in [1.29, 1.82) is 0 Å². The second kappa shape index (κ2) is 48.0. The Kier molecular flexibility index (Phi) is 46.3. The molecule has 0 aliphatic carbocycles. The Morgan fingerprint density at radius 1 is 0.517 bits per heavy atom. The molecule has 8 nitrogen and oxygen atoms in total. The Bertz CT molecular complexity index is 1150. The molecule has 9 heteroatoms. The lowest BCUT2D eigenvalue weighted by Gasteiger charge is -2.20. The normalized spacial score (nSPS) is 14.0. The molecule has 0 bridgehead atoms. The fourth-order valence-electron chi connectivity index (χ4n) is 6.61. The lowest BCUT2D eigenvalue weighted by atomic mass is 10.0. The number of carbonyl (C=O) groups excluding carboxylic acids is 1. The van der Waals surface area contributed by atoms with E-state index in [1.807, 2.05) is 12.2 Å². The van der Waals surface area contributed by atoms with Crippen molar-refractivity contribution >= 4 is 13.8 Å². The van der Waals surface area contributed by atoms with Crippen molar-refractivity contribution in [3.8, 4) is 0 Å². The van der Waals surface area contributed by atoms with E-state index in [1.54, 1.807) is 0 Å². The van der Waals surface area contributed by atoms with Crippen molar-refractivity contribution in [3.63, 3.8) is 0 Å². The van der Waals surface area contributed by atoms with Crippen LogP contribution in [-0.2, 0) is 27.9 Å². The molecule has 60 heavy (non-hydrogen) atoms. The van der Waals surface area contributed by atoms with Gasteiger partial charge in [-0.3, -0.25) is 13.8 Å². The Labute approximate surface area is 369 Å². The van der Waals surface area contributed by atoms with E-state index in [4.69, 9.17) is 24.3 Å². The molecule has 0 aromatic carbocycles. The van der Waals surface area contributed by atoms with Crippen LogP contribution in [0.1, 0.15) is 206 Å². The first kappa shape index (κ1) is 57.9. The molecule has 0 fully saturated rings. The lowest BCUT2D eigenvalue weighted by Crippen LogP contribution is -2.28. The number of phosphoric ester groups is 1. The van der Waals surface area contributed by atoms with Crippen LogP contribution >= 0.6 is 7.82 Å². The van der Waals surface area contributed by atoms with Gasteiger partial charge in [-0.1, -0.05) is 222 Å². The highest BCUT2D eigenvalue weighted by Crippen LogP contribution is 2.43. The Morgan fingerprint density at radius 3 is 1.30 bits per heavy atom. The number of ether oxygens (including phenoxy) is 2. The minimum absolute atomic E-state index is 0.0851. The molecule has 2 unspecified atom stereocenters. The molecule has 0 spiro atoms. The molecule has 0 amide bonds. The van der Waals surface area contributed by atoms with Gasteiger partial charge in [-0.2, -0.15) is 0 Å². The van der Waals surface area contributed by atoms with Crippen LogP contribution < -0.4 is 5.73 Å². The quantitative estimate of drug-likeness (QED) is 0.0269. The molecule has 0 heterocycles. The molecule has 0 aliphatic heterocycles. The van der Waals surface area contributed by atoms with Gasteiger partial charge in [0.1, 0.15) is 6.10 Å². The van der Waals surface area contributed by atoms with Crippen molar-refractivity contribution in [3.05, 3.63) is 72.9 Å². The standard InChI is InChI=1S/C51H92NO7P/c1-3-5-7-9-11-13-15-17-19-21-23-24-25-27-29-31-33-35-37-39-41-43-46-56-48-50(49-58-60(54,55)57-47-45-52)59-51(53)44-42-40-38-36-34-32-30-28-26-22-20-18-16-14-12-10-8-6-4-2/h6,8,12,14,18,20,26,28,32,34,38,40,50H,3-5,7,9-11,13,15-17,19,21-25,27,29-31,33,35-37,39,41-49,52H2,1-2H3,(H,54,55)/b8-6-,14-12-,20-18-,28-26-,34-32-,40-38-. The number of unbranched alkanes of at least 4 members (excludes halogenated alkanes) is 21. The highest BCUT2D eigenvalue weighted by atomic mass is 31.2. The Hall–Kier alpha value is -2.06. The van der Waals surface area contributed by atoms with Crippen LogP contribution in [0, 0.1) is 0 Å². The van der Waals surface area contributed by atoms with Gasteiger partial charge in [-0.05, 0) is 51.4 Å². The minimum Gasteiger partial charge on any atom is -0.457 e. The number of carbonyl (C=O) groups is 1. The molecule has 2 atom stereocenters. The summed E-state index contributed by atoms with van der Waals surface area (Å²) in [6.45, 7) is 4.72. The lowest BCUT2D eigenvalue weighted by molar-refractivity contribution is -0.154. The van der Waals surface area contributed by atoms with Crippen molar-refractivity contribution in [2.45, 2.75) is 213 Å². The van der Waals surface area contributed by atoms with Crippen molar-refractivity contribution in [1.82, 2.24) is 0 Å². The first-order valence-corrected chi connectivity index (χ1v) is 25.9. The molecular formula is C51H92NO7P. The Morgan fingerprint density at radius 2 is 0.900 bits per heavy atom. The fraction of sp³-hybridized carbons (Fsp3) is 0.745. The summed E-state index contributed by atoms with van der Waals surface area (Å²) in [5.41, 5.74) is 5.38. The monoisotopic (exact) mass is 862 g/mol. The van der Waals surface area contributed by atoms with E-state index >= 15 is 0 Å². The third kappa shape index (κ3) is 47.0. The van der Waals surface area contributed by atoms with Crippen LogP contribution in [0.5, 0.6) is 0 Å².